The molecule has 3 heterocycles. The fraction of sp³-hybridized carbons (Fsp3) is 0.314. The number of thioether (sulfide) groups is 1. The molecule has 3 aromatic carbocycles. The molecule has 2 aliphatic heterocycles. The van der Waals surface area contributed by atoms with Crippen molar-refractivity contribution >= 4 is 63.8 Å². The van der Waals surface area contributed by atoms with Gasteiger partial charge in [0.05, 0.1) is 29.7 Å². The topological polar surface area (TPSA) is 118 Å². The molecule has 0 unspecified atom stereocenters. The van der Waals surface area contributed by atoms with E-state index in [1.807, 2.05) is 43.3 Å². The first-order valence-electron chi connectivity index (χ1n) is 15.4. The van der Waals surface area contributed by atoms with Gasteiger partial charge in [0.2, 0.25) is 11.8 Å². The number of aryl methyl sites for hydroxylation is 1. The number of nitrogens with zero attached hydrogens (tertiary/aromatic N) is 1. The number of ether oxygens (including phenoxy) is 2. The van der Waals surface area contributed by atoms with Crippen molar-refractivity contribution in [3.63, 3.8) is 0 Å². The van der Waals surface area contributed by atoms with Crippen molar-refractivity contribution in [1.82, 2.24) is 4.98 Å². The van der Waals surface area contributed by atoms with Gasteiger partial charge in [-0.3, -0.25) is 24.1 Å². The van der Waals surface area contributed by atoms with Gasteiger partial charge in [-0.15, -0.1) is 11.8 Å². The maximum absolute atomic E-state index is 14.0. The second-order valence-corrected chi connectivity index (χ2v) is 15.2. The summed E-state index contributed by atoms with van der Waals surface area (Å²) in [5.74, 6) is -0.700. The number of thiazole rings is 1. The van der Waals surface area contributed by atoms with Gasteiger partial charge in [0.25, 0.3) is 5.91 Å². The number of halogens is 1. The van der Waals surface area contributed by atoms with Gasteiger partial charge in [-0.2, -0.15) is 0 Å². The van der Waals surface area contributed by atoms with Crippen LogP contribution in [-0.2, 0) is 14.4 Å². The number of amides is 3. The highest BCUT2D eigenvalue weighted by Crippen LogP contribution is 2.68. The van der Waals surface area contributed by atoms with Crippen LogP contribution >= 0.6 is 34.7 Å². The Balaban J connectivity index is 1.09. The number of hydrogen-bond acceptors (Lipinski definition) is 8. The van der Waals surface area contributed by atoms with E-state index in [1.54, 1.807) is 49.2 Å². The zero-order valence-corrected chi connectivity index (χ0v) is 27.8. The molecule has 0 spiro atoms. The van der Waals surface area contributed by atoms with E-state index in [4.69, 9.17) is 21.1 Å². The van der Waals surface area contributed by atoms with Gasteiger partial charge < -0.3 is 19.8 Å². The van der Waals surface area contributed by atoms with Gasteiger partial charge >= 0.3 is 4.87 Å². The Bertz CT molecular complexity index is 1980. The summed E-state index contributed by atoms with van der Waals surface area (Å²) in [5.41, 5.74) is 3.26. The number of hydrogen-bond donors (Lipinski definition) is 2. The molecule has 8 rings (SSSR count). The minimum absolute atomic E-state index is 0.00402. The number of fused-ring (bicyclic) bond motifs is 9. The minimum atomic E-state index is -0.415. The van der Waals surface area contributed by atoms with Crippen LogP contribution in [0, 0.1) is 36.5 Å². The van der Waals surface area contributed by atoms with Gasteiger partial charge in [-0.1, -0.05) is 46.7 Å². The molecular formula is C35H30ClN3O6S2. The first kappa shape index (κ1) is 30.3. The minimum Gasteiger partial charge on any atom is -0.493 e. The van der Waals surface area contributed by atoms with Crippen LogP contribution in [0.3, 0.4) is 0 Å². The van der Waals surface area contributed by atoms with Gasteiger partial charge in [0.1, 0.15) is 0 Å². The molecular weight excluding hydrogens is 658 g/mol. The van der Waals surface area contributed by atoms with E-state index < -0.39 is 5.92 Å². The first-order valence-corrected chi connectivity index (χ1v) is 17.5. The van der Waals surface area contributed by atoms with Gasteiger partial charge in [-0.05, 0) is 85.2 Å². The predicted octanol–water partition coefficient (Wildman–Crippen LogP) is 6.10. The summed E-state index contributed by atoms with van der Waals surface area (Å²) in [6.45, 7) is 1.78. The van der Waals surface area contributed by atoms with E-state index >= 15 is 0 Å². The largest absolute Gasteiger partial charge is 0.493 e. The number of aromatic amines is 1. The van der Waals surface area contributed by atoms with Gasteiger partial charge in [-0.25, -0.2) is 0 Å². The predicted molar refractivity (Wildman–Crippen MR) is 181 cm³/mol. The molecule has 1 aromatic heterocycles. The molecule has 240 valence electrons. The maximum atomic E-state index is 14.0. The molecule has 3 amide bonds. The third kappa shape index (κ3) is 4.98. The van der Waals surface area contributed by atoms with Crippen molar-refractivity contribution in [3.05, 3.63) is 97.4 Å². The number of aromatic nitrogens is 1. The Labute approximate surface area is 283 Å². The van der Waals surface area contributed by atoms with Crippen molar-refractivity contribution in [2.24, 2.45) is 29.6 Å². The molecule has 0 radical (unpaired) electrons. The van der Waals surface area contributed by atoms with Gasteiger partial charge in [0, 0.05) is 26.8 Å². The van der Waals surface area contributed by atoms with E-state index in [1.165, 1.54) is 16.2 Å². The molecule has 2 saturated carbocycles. The number of anilines is 2. The zero-order chi connectivity index (χ0) is 32.6. The lowest BCUT2D eigenvalue weighted by Gasteiger charge is -2.43. The Morgan fingerprint density at radius 1 is 0.979 bits per heavy atom. The van der Waals surface area contributed by atoms with Crippen molar-refractivity contribution < 1.29 is 23.9 Å². The zero-order valence-electron chi connectivity index (χ0n) is 25.4. The summed E-state index contributed by atoms with van der Waals surface area (Å²) < 4.78 is 11.6. The summed E-state index contributed by atoms with van der Waals surface area (Å²) >= 11 is 8.93. The third-order valence-corrected chi connectivity index (χ3v) is 12.9. The lowest BCUT2D eigenvalue weighted by Crippen LogP contribution is -2.42. The van der Waals surface area contributed by atoms with Crippen LogP contribution in [0.2, 0.25) is 5.02 Å². The van der Waals surface area contributed by atoms with E-state index in [9.17, 15) is 19.2 Å². The second kappa shape index (κ2) is 11.6. The quantitative estimate of drug-likeness (QED) is 0.226. The first-order chi connectivity index (χ1) is 22.7. The summed E-state index contributed by atoms with van der Waals surface area (Å²) in [6, 6.07) is 20.0. The van der Waals surface area contributed by atoms with Crippen molar-refractivity contribution in [1.29, 1.82) is 0 Å². The van der Waals surface area contributed by atoms with Gasteiger partial charge in [0.15, 0.2) is 18.1 Å². The average molecular weight is 688 g/mol. The summed E-state index contributed by atoms with van der Waals surface area (Å²) in [5, 5.41) is 4.25. The number of rotatable bonds is 7. The Hall–Kier alpha value is -4.06. The van der Waals surface area contributed by atoms with Crippen LogP contribution in [-0.4, -0.2) is 41.7 Å². The smallest absolute Gasteiger partial charge is 0.305 e. The van der Waals surface area contributed by atoms with Crippen molar-refractivity contribution in [2.45, 2.75) is 29.5 Å². The molecule has 2 aliphatic carbocycles. The molecule has 47 heavy (non-hydrogen) atoms. The van der Waals surface area contributed by atoms with Crippen LogP contribution in [0.15, 0.2) is 76.6 Å². The molecule has 3 fully saturated rings. The Morgan fingerprint density at radius 3 is 2.43 bits per heavy atom. The molecule has 12 heteroatoms. The lowest BCUT2D eigenvalue weighted by atomic mass is 9.68. The van der Waals surface area contributed by atoms with E-state index in [0.717, 1.165) is 27.5 Å². The average Bonchev–Trinajstić information content (AvgIpc) is 3.80. The number of carbonyl (C=O) groups excluding carboxylic acids is 3. The number of H-pyrrole nitrogens is 1. The number of carbonyl (C=O) groups is 3. The SMILES string of the molecule is COc1cc([C@@H]2c3sc(=O)[nH]c3S[C@@H]3[C@@H]4C[C@@H]([C@@H]5C(=O)N(c6ccc(Cl)cc6)C(=O)[C@@H]45)[C@H]23)ccc1OCC(=O)Nc1ccc(C)cc1. The van der Waals surface area contributed by atoms with E-state index in [-0.39, 0.29) is 64.0 Å². The van der Waals surface area contributed by atoms with Crippen LogP contribution < -0.4 is 24.6 Å². The lowest BCUT2D eigenvalue weighted by molar-refractivity contribution is -0.123. The maximum Gasteiger partial charge on any atom is 0.305 e. The summed E-state index contributed by atoms with van der Waals surface area (Å²) in [4.78, 5) is 58.3. The fourth-order valence-electron chi connectivity index (χ4n) is 8.21. The molecule has 9 nitrogen and oxygen atoms in total. The third-order valence-electron chi connectivity index (χ3n) is 10.0. The highest BCUT2D eigenvalue weighted by atomic mass is 35.5. The van der Waals surface area contributed by atoms with E-state index in [2.05, 4.69) is 10.3 Å². The normalized spacial score (nSPS) is 27.0. The number of methoxy groups -OCH3 is 1. The Morgan fingerprint density at radius 2 is 1.70 bits per heavy atom. The molecule has 2 bridgehead atoms. The monoisotopic (exact) mass is 687 g/mol. The molecule has 2 N–H and O–H groups in total. The summed E-state index contributed by atoms with van der Waals surface area (Å²) in [7, 11) is 1.55. The van der Waals surface area contributed by atoms with Crippen molar-refractivity contribution in [3.8, 4) is 11.5 Å². The van der Waals surface area contributed by atoms with E-state index in [0.29, 0.717) is 27.9 Å². The van der Waals surface area contributed by atoms with Crippen LogP contribution in [0.4, 0.5) is 11.4 Å². The fourth-order valence-corrected chi connectivity index (χ4v) is 11.2. The molecule has 7 atom stereocenters. The number of imide groups is 1. The Kier molecular flexibility index (Phi) is 7.46. The molecule has 4 aliphatic rings. The molecule has 1 saturated heterocycles. The summed E-state index contributed by atoms with van der Waals surface area (Å²) in [6.07, 6.45) is 0.785. The number of nitrogens with one attached hydrogen (secondary N) is 2. The van der Waals surface area contributed by atoms with Crippen LogP contribution in [0.5, 0.6) is 11.5 Å². The highest BCUT2D eigenvalue weighted by molar-refractivity contribution is 8.00. The highest BCUT2D eigenvalue weighted by Gasteiger charge is 2.69. The van der Waals surface area contributed by atoms with Crippen molar-refractivity contribution in [2.75, 3.05) is 23.9 Å². The standard InChI is InChI=1S/C35H30ClN3O6S2/c1-16-3-8-19(9-4-16)37-25(40)15-45-23-12-5-17(13-24(23)44-2)26-27-21-14-22(30(27)46-32-31(26)47-35(43)38-32)29-28(21)33(41)39(34(29)42)20-10-6-18(36)7-11-20/h3-13,21-22,26-30H,14-15H2,1-2H3,(H,37,40)(H,38,43)/t21-,22-,26+,27-,28+,29+,30-/m1/s1. The van der Waals surface area contributed by atoms with Crippen LogP contribution in [0.25, 0.3) is 0 Å². The molecule has 4 aromatic rings. The van der Waals surface area contributed by atoms with Crippen LogP contribution in [0.1, 0.15) is 28.3 Å². The second-order valence-electron chi connectivity index (χ2n) is 12.6. The number of benzene rings is 3.